The van der Waals surface area contributed by atoms with Gasteiger partial charge in [-0.15, -0.1) is 0 Å². The fourth-order valence-electron chi connectivity index (χ4n) is 5.20. The summed E-state index contributed by atoms with van der Waals surface area (Å²) in [7, 11) is 0. The summed E-state index contributed by atoms with van der Waals surface area (Å²) in [5.41, 5.74) is 5.62. The van der Waals surface area contributed by atoms with Crippen molar-refractivity contribution in [2.75, 3.05) is 0 Å². The number of benzene rings is 3. The summed E-state index contributed by atoms with van der Waals surface area (Å²) in [6.07, 6.45) is 8.28. The van der Waals surface area contributed by atoms with Crippen LogP contribution in [0.1, 0.15) is 73.9 Å². The first-order valence-corrected chi connectivity index (χ1v) is 14.1. The Labute approximate surface area is 236 Å². The molecule has 0 spiro atoms. The molecular formula is C34H34ClNOS. The number of rotatable bonds is 9. The van der Waals surface area contributed by atoms with Crippen molar-refractivity contribution >= 4 is 51.7 Å². The molecule has 5 rings (SSSR count). The van der Waals surface area contributed by atoms with Gasteiger partial charge in [0.2, 0.25) is 0 Å². The summed E-state index contributed by atoms with van der Waals surface area (Å²) in [5.74, 6) is 0.182. The number of pyridine rings is 1. The highest BCUT2D eigenvalue weighted by Crippen LogP contribution is 2.50. The standard InChI is InChI=1S/C34H34ClNOS/c1-33(2,37)30-10-5-4-8-24(30)14-18-29(32(38)34(3)19-20-34)26-9-6-7-23(21-26)11-16-28-17-13-25-12-15-27(35)22-31(25)36-28/h4-13,15-17,21-22,29,37H,14,18-20H2,1-3H3/b16-11+/t29-/m1/s1. The molecule has 1 fully saturated rings. The molecule has 4 heteroatoms. The zero-order chi connectivity index (χ0) is 26.9. The Kier molecular flexibility index (Phi) is 7.55. The van der Waals surface area contributed by atoms with Crippen LogP contribution in [0.5, 0.6) is 0 Å². The van der Waals surface area contributed by atoms with E-state index in [1.807, 2.05) is 50.2 Å². The summed E-state index contributed by atoms with van der Waals surface area (Å²) in [6.45, 7) is 6.01. The lowest BCUT2D eigenvalue weighted by molar-refractivity contribution is 0.0776. The molecule has 1 aromatic heterocycles. The average Bonchev–Trinajstić information content (AvgIpc) is 3.65. The molecule has 4 aromatic rings. The van der Waals surface area contributed by atoms with Crippen molar-refractivity contribution in [2.45, 2.75) is 58.0 Å². The number of nitrogens with zero attached hydrogens (tertiary/aromatic N) is 1. The van der Waals surface area contributed by atoms with E-state index in [1.54, 1.807) is 0 Å². The first-order chi connectivity index (χ1) is 18.1. The first kappa shape index (κ1) is 26.7. The van der Waals surface area contributed by atoms with Gasteiger partial charge in [-0.1, -0.05) is 97.5 Å². The van der Waals surface area contributed by atoms with Crippen LogP contribution in [0.4, 0.5) is 0 Å². The van der Waals surface area contributed by atoms with Gasteiger partial charge in [0.1, 0.15) is 0 Å². The number of aliphatic hydroxyl groups is 1. The predicted octanol–water partition coefficient (Wildman–Crippen LogP) is 9.17. The largest absolute Gasteiger partial charge is 0.386 e. The van der Waals surface area contributed by atoms with E-state index in [-0.39, 0.29) is 11.3 Å². The van der Waals surface area contributed by atoms with Gasteiger partial charge in [-0.05, 0) is 91.5 Å². The van der Waals surface area contributed by atoms with Crippen molar-refractivity contribution in [3.63, 3.8) is 0 Å². The second-order valence-electron chi connectivity index (χ2n) is 11.3. The minimum absolute atomic E-state index is 0.151. The summed E-state index contributed by atoms with van der Waals surface area (Å²) in [4.78, 5) is 5.92. The number of hydrogen-bond acceptors (Lipinski definition) is 3. The third kappa shape index (κ3) is 6.07. The summed E-state index contributed by atoms with van der Waals surface area (Å²) < 4.78 is 0. The van der Waals surface area contributed by atoms with Gasteiger partial charge in [-0.25, -0.2) is 4.98 Å². The van der Waals surface area contributed by atoms with E-state index in [0.29, 0.717) is 5.02 Å². The molecule has 1 aliphatic carbocycles. The third-order valence-corrected chi connectivity index (χ3v) is 8.74. The highest BCUT2D eigenvalue weighted by molar-refractivity contribution is 7.80. The molecule has 2 nitrogen and oxygen atoms in total. The Morgan fingerprint density at radius 1 is 1.03 bits per heavy atom. The second-order valence-corrected chi connectivity index (χ2v) is 12.2. The summed E-state index contributed by atoms with van der Waals surface area (Å²) in [5, 5.41) is 12.5. The molecule has 1 atom stereocenters. The lowest BCUT2D eigenvalue weighted by Gasteiger charge is -2.26. The van der Waals surface area contributed by atoms with Crippen LogP contribution in [0.3, 0.4) is 0 Å². The average molecular weight is 540 g/mol. The van der Waals surface area contributed by atoms with Crippen molar-refractivity contribution in [1.29, 1.82) is 0 Å². The fraction of sp³-hybridized carbons (Fsp3) is 0.294. The first-order valence-electron chi connectivity index (χ1n) is 13.3. The maximum Gasteiger partial charge on any atom is 0.0843 e. The van der Waals surface area contributed by atoms with Crippen molar-refractivity contribution in [3.05, 3.63) is 112 Å². The van der Waals surface area contributed by atoms with Crippen LogP contribution in [-0.4, -0.2) is 15.0 Å². The number of halogens is 1. The van der Waals surface area contributed by atoms with Gasteiger partial charge in [0.15, 0.2) is 0 Å². The number of fused-ring (bicyclic) bond motifs is 1. The van der Waals surface area contributed by atoms with Crippen LogP contribution >= 0.6 is 23.8 Å². The molecule has 0 amide bonds. The molecule has 38 heavy (non-hydrogen) atoms. The van der Waals surface area contributed by atoms with E-state index in [0.717, 1.165) is 45.4 Å². The molecule has 1 heterocycles. The molecule has 0 bridgehead atoms. The highest BCUT2D eigenvalue weighted by atomic mass is 35.5. The van der Waals surface area contributed by atoms with E-state index in [4.69, 9.17) is 28.8 Å². The zero-order valence-corrected chi connectivity index (χ0v) is 23.8. The van der Waals surface area contributed by atoms with E-state index in [9.17, 15) is 5.11 Å². The number of hydrogen-bond donors (Lipinski definition) is 1. The zero-order valence-electron chi connectivity index (χ0n) is 22.2. The molecule has 1 saturated carbocycles. The molecule has 3 aromatic carbocycles. The van der Waals surface area contributed by atoms with Crippen LogP contribution in [0.25, 0.3) is 23.1 Å². The van der Waals surface area contributed by atoms with Crippen LogP contribution in [0, 0.1) is 5.41 Å². The molecule has 0 aliphatic heterocycles. The maximum absolute atomic E-state index is 10.7. The number of aromatic nitrogens is 1. The van der Waals surface area contributed by atoms with Gasteiger partial charge in [-0.3, -0.25) is 0 Å². The second kappa shape index (κ2) is 10.7. The molecule has 1 aliphatic rings. The van der Waals surface area contributed by atoms with Crippen LogP contribution in [-0.2, 0) is 12.0 Å². The fourth-order valence-corrected chi connectivity index (χ4v) is 5.82. The summed E-state index contributed by atoms with van der Waals surface area (Å²) >= 11 is 12.3. The van der Waals surface area contributed by atoms with Crippen molar-refractivity contribution in [3.8, 4) is 0 Å². The lowest BCUT2D eigenvalue weighted by atomic mass is 9.81. The molecular weight excluding hydrogens is 506 g/mol. The molecule has 1 N–H and O–H groups in total. The predicted molar refractivity (Wildman–Crippen MR) is 165 cm³/mol. The van der Waals surface area contributed by atoms with Crippen molar-refractivity contribution in [2.24, 2.45) is 5.41 Å². The molecule has 0 radical (unpaired) electrons. The highest BCUT2D eigenvalue weighted by Gasteiger charge is 2.44. The van der Waals surface area contributed by atoms with Gasteiger partial charge in [0.25, 0.3) is 0 Å². The number of aryl methyl sites for hydroxylation is 1. The van der Waals surface area contributed by atoms with Crippen LogP contribution in [0.2, 0.25) is 5.02 Å². The van der Waals surface area contributed by atoms with Crippen LogP contribution in [0.15, 0.2) is 78.9 Å². The topological polar surface area (TPSA) is 33.1 Å². The van der Waals surface area contributed by atoms with Crippen molar-refractivity contribution in [1.82, 2.24) is 4.98 Å². The van der Waals surface area contributed by atoms with Gasteiger partial charge in [-0.2, -0.15) is 0 Å². The normalized spacial score (nSPS) is 15.6. The number of thiocarbonyl (C=S) groups is 1. The Morgan fingerprint density at radius 3 is 2.55 bits per heavy atom. The Balaban J connectivity index is 1.41. The third-order valence-electron chi connectivity index (χ3n) is 7.73. The maximum atomic E-state index is 10.7. The van der Waals surface area contributed by atoms with Crippen molar-refractivity contribution < 1.29 is 5.11 Å². The minimum atomic E-state index is -0.873. The Bertz CT molecular complexity index is 1510. The minimum Gasteiger partial charge on any atom is -0.386 e. The Morgan fingerprint density at radius 2 is 1.79 bits per heavy atom. The smallest absolute Gasteiger partial charge is 0.0843 e. The van der Waals surface area contributed by atoms with E-state index in [1.165, 1.54) is 24.0 Å². The molecule has 194 valence electrons. The van der Waals surface area contributed by atoms with Gasteiger partial charge >= 0.3 is 0 Å². The quantitative estimate of drug-likeness (QED) is 0.215. The van der Waals surface area contributed by atoms with E-state index >= 15 is 0 Å². The lowest BCUT2D eigenvalue weighted by Crippen LogP contribution is -2.21. The summed E-state index contributed by atoms with van der Waals surface area (Å²) in [6, 6.07) is 26.8. The monoisotopic (exact) mass is 539 g/mol. The van der Waals surface area contributed by atoms with Gasteiger partial charge in [0.05, 0.1) is 16.8 Å². The van der Waals surface area contributed by atoms with E-state index in [2.05, 4.69) is 61.5 Å². The Hall–Kier alpha value is -2.85. The van der Waals surface area contributed by atoms with Crippen LogP contribution < -0.4 is 0 Å². The molecule has 0 saturated heterocycles. The van der Waals surface area contributed by atoms with E-state index < -0.39 is 5.60 Å². The van der Waals surface area contributed by atoms with Gasteiger partial charge in [0, 0.05) is 21.2 Å². The molecule has 0 unspecified atom stereocenters. The SMILES string of the molecule is CC1(C(=S)[C@H](CCc2ccccc2C(C)(C)O)c2cccc(/C=C/c3ccc4ccc(Cl)cc4n3)c2)CC1. The van der Waals surface area contributed by atoms with Gasteiger partial charge < -0.3 is 5.11 Å².